The molecule has 1 heterocycles. The molecule has 0 saturated carbocycles. The quantitative estimate of drug-likeness (QED) is 0.633. The summed E-state index contributed by atoms with van der Waals surface area (Å²) in [5.74, 6) is -1.13. The van der Waals surface area contributed by atoms with E-state index in [0.29, 0.717) is 19.5 Å². The van der Waals surface area contributed by atoms with Gasteiger partial charge in [-0.1, -0.05) is 13.3 Å². The van der Waals surface area contributed by atoms with Gasteiger partial charge < -0.3 is 20.6 Å². The van der Waals surface area contributed by atoms with Crippen molar-refractivity contribution in [2.45, 2.75) is 32.2 Å². The standard InChI is InChI=1S/C11H19N3O4/c1-2-3-8(6-10(16)17)13-11(18)14-5-4-12-9(15)7-14/h8H,2-7H2,1H3,(H,12,15)(H,13,18)(H,16,17). The number of carboxylic acid groups (broad SMARTS) is 1. The molecule has 102 valence electrons. The first-order chi connectivity index (χ1) is 8.52. The zero-order chi connectivity index (χ0) is 13.5. The lowest BCUT2D eigenvalue weighted by Crippen LogP contribution is -2.54. The predicted octanol–water partition coefficient (Wildman–Crippen LogP) is -0.229. The third-order valence-corrected chi connectivity index (χ3v) is 2.71. The maximum absolute atomic E-state index is 11.9. The van der Waals surface area contributed by atoms with Gasteiger partial charge in [-0.3, -0.25) is 9.59 Å². The van der Waals surface area contributed by atoms with Crippen molar-refractivity contribution >= 4 is 17.9 Å². The fourth-order valence-electron chi connectivity index (χ4n) is 1.86. The normalized spacial score (nSPS) is 16.9. The van der Waals surface area contributed by atoms with Gasteiger partial charge in [0.15, 0.2) is 0 Å². The lowest BCUT2D eigenvalue weighted by atomic mass is 10.1. The zero-order valence-electron chi connectivity index (χ0n) is 10.4. The second kappa shape index (κ2) is 6.83. The van der Waals surface area contributed by atoms with Crippen LogP contribution in [0.5, 0.6) is 0 Å². The number of hydrogen-bond donors (Lipinski definition) is 3. The Hall–Kier alpha value is -1.79. The van der Waals surface area contributed by atoms with Crippen LogP contribution < -0.4 is 10.6 Å². The average Bonchev–Trinajstić information content (AvgIpc) is 2.28. The molecule has 7 heteroatoms. The summed E-state index contributed by atoms with van der Waals surface area (Å²) in [4.78, 5) is 35.1. The topological polar surface area (TPSA) is 98.7 Å². The third kappa shape index (κ3) is 4.60. The Morgan fingerprint density at radius 2 is 2.28 bits per heavy atom. The van der Waals surface area contributed by atoms with Gasteiger partial charge in [0, 0.05) is 19.1 Å². The van der Waals surface area contributed by atoms with Crippen LogP contribution in [0.1, 0.15) is 26.2 Å². The number of hydrogen-bond acceptors (Lipinski definition) is 3. The van der Waals surface area contributed by atoms with Gasteiger partial charge in [0.05, 0.1) is 6.42 Å². The number of carbonyl (C=O) groups excluding carboxylic acids is 2. The number of urea groups is 1. The van der Waals surface area contributed by atoms with E-state index in [2.05, 4.69) is 10.6 Å². The number of carboxylic acids is 1. The van der Waals surface area contributed by atoms with Crippen molar-refractivity contribution in [3.05, 3.63) is 0 Å². The van der Waals surface area contributed by atoms with Crippen molar-refractivity contribution in [3.8, 4) is 0 Å². The van der Waals surface area contributed by atoms with E-state index in [-0.39, 0.29) is 30.9 Å². The fraction of sp³-hybridized carbons (Fsp3) is 0.727. The summed E-state index contributed by atoms with van der Waals surface area (Å²) < 4.78 is 0. The largest absolute Gasteiger partial charge is 0.481 e. The smallest absolute Gasteiger partial charge is 0.318 e. The summed E-state index contributed by atoms with van der Waals surface area (Å²) in [5.41, 5.74) is 0. The van der Waals surface area contributed by atoms with Crippen LogP contribution in [0.25, 0.3) is 0 Å². The van der Waals surface area contributed by atoms with Crippen molar-refractivity contribution in [2.75, 3.05) is 19.6 Å². The molecule has 1 rings (SSSR count). The minimum absolute atomic E-state index is 0.0255. The van der Waals surface area contributed by atoms with Crippen molar-refractivity contribution in [3.63, 3.8) is 0 Å². The fourth-order valence-corrected chi connectivity index (χ4v) is 1.86. The van der Waals surface area contributed by atoms with E-state index in [4.69, 9.17) is 5.11 Å². The van der Waals surface area contributed by atoms with Crippen LogP contribution in [0.4, 0.5) is 4.79 Å². The molecular formula is C11H19N3O4. The average molecular weight is 257 g/mol. The van der Waals surface area contributed by atoms with Crippen LogP contribution in [-0.4, -0.2) is 53.6 Å². The molecule has 0 aromatic heterocycles. The number of rotatable bonds is 5. The number of nitrogens with one attached hydrogen (secondary N) is 2. The van der Waals surface area contributed by atoms with E-state index in [0.717, 1.165) is 6.42 Å². The highest BCUT2D eigenvalue weighted by Crippen LogP contribution is 2.04. The molecule has 0 spiro atoms. The lowest BCUT2D eigenvalue weighted by Gasteiger charge is -2.28. The molecule has 1 fully saturated rings. The highest BCUT2D eigenvalue weighted by molar-refractivity contribution is 5.85. The number of carbonyl (C=O) groups is 3. The molecule has 1 unspecified atom stereocenters. The highest BCUT2D eigenvalue weighted by atomic mass is 16.4. The second-order valence-corrected chi connectivity index (χ2v) is 4.30. The van der Waals surface area contributed by atoms with Crippen LogP contribution in [0.3, 0.4) is 0 Å². The van der Waals surface area contributed by atoms with Gasteiger partial charge in [-0.15, -0.1) is 0 Å². The molecule has 1 aliphatic heterocycles. The first-order valence-corrected chi connectivity index (χ1v) is 6.06. The first-order valence-electron chi connectivity index (χ1n) is 6.06. The Kier molecular flexibility index (Phi) is 5.41. The van der Waals surface area contributed by atoms with Crippen molar-refractivity contribution < 1.29 is 19.5 Å². The van der Waals surface area contributed by atoms with Gasteiger partial charge >= 0.3 is 12.0 Å². The number of amides is 3. The van der Waals surface area contributed by atoms with Crippen molar-refractivity contribution in [1.82, 2.24) is 15.5 Å². The van der Waals surface area contributed by atoms with E-state index in [1.54, 1.807) is 0 Å². The summed E-state index contributed by atoms with van der Waals surface area (Å²) in [6.45, 7) is 2.83. The van der Waals surface area contributed by atoms with Gasteiger partial charge in [0.2, 0.25) is 5.91 Å². The summed E-state index contributed by atoms with van der Waals surface area (Å²) in [6, 6.07) is -0.755. The Labute approximate surface area is 106 Å². The molecule has 18 heavy (non-hydrogen) atoms. The zero-order valence-corrected chi connectivity index (χ0v) is 10.4. The number of aliphatic carboxylic acids is 1. The molecule has 0 radical (unpaired) electrons. The van der Waals surface area contributed by atoms with E-state index in [1.807, 2.05) is 6.92 Å². The molecule has 0 bridgehead atoms. The molecule has 1 saturated heterocycles. The minimum Gasteiger partial charge on any atom is -0.481 e. The highest BCUT2D eigenvalue weighted by Gasteiger charge is 2.23. The van der Waals surface area contributed by atoms with Gasteiger partial charge in [-0.2, -0.15) is 0 Å². The molecule has 0 aromatic carbocycles. The Bertz CT molecular complexity index is 332. The Morgan fingerprint density at radius 3 is 2.83 bits per heavy atom. The van der Waals surface area contributed by atoms with E-state index in [9.17, 15) is 14.4 Å². The van der Waals surface area contributed by atoms with E-state index >= 15 is 0 Å². The van der Waals surface area contributed by atoms with Crippen LogP contribution in [0, 0.1) is 0 Å². The van der Waals surface area contributed by atoms with Gasteiger partial charge in [-0.05, 0) is 6.42 Å². The minimum atomic E-state index is -0.940. The van der Waals surface area contributed by atoms with Gasteiger partial charge in [0.1, 0.15) is 6.54 Å². The summed E-state index contributed by atoms with van der Waals surface area (Å²) in [7, 11) is 0. The van der Waals surface area contributed by atoms with Gasteiger partial charge in [0.25, 0.3) is 0 Å². The Morgan fingerprint density at radius 1 is 1.56 bits per heavy atom. The molecule has 3 amide bonds. The molecule has 0 aromatic rings. The van der Waals surface area contributed by atoms with Crippen LogP contribution in [0.2, 0.25) is 0 Å². The first kappa shape index (κ1) is 14.3. The second-order valence-electron chi connectivity index (χ2n) is 4.30. The van der Waals surface area contributed by atoms with Crippen molar-refractivity contribution in [2.24, 2.45) is 0 Å². The number of piperazine rings is 1. The van der Waals surface area contributed by atoms with E-state index < -0.39 is 5.97 Å². The summed E-state index contributed by atoms with van der Waals surface area (Å²) in [6.07, 6.45) is 1.30. The van der Waals surface area contributed by atoms with E-state index in [1.165, 1.54) is 4.90 Å². The summed E-state index contributed by atoms with van der Waals surface area (Å²) >= 11 is 0. The third-order valence-electron chi connectivity index (χ3n) is 2.71. The molecule has 0 aliphatic carbocycles. The molecular weight excluding hydrogens is 238 g/mol. The summed E-state index contributed by atoms with van der Waals surface area (Å²) in [5, 5.41) is 14.0. The maximum atomic E-state index is 11.9. The molecule has 3 N–H and O–H groups in total. The van der Waals surface area contributed by atoms with Crippen molar-refractivity contribution in [1.29, 1.82) is 0 Å². The number of nitrogens with zero attached hydrogens (tertiary/aromatic N) is 1. The van der Waals surface area contributed by atoms with Gasteiger partial charge in [-0.25, -0.2) is 4.79 Å². The molecule has 1 aliphatic rings. The monoisotopic (exact) mass is 257 g/mol. The molecule has 7 nitrogen and oxygen atoms in total. The van der Waals surface area contributed by atoms with Crippen LogP contribution in [-0.2, 0) is 9.59 Å². The van der Waals surface area contributed by atoms with Crippen LogP contribution in [0.15, 0.2) is 0 Å². The van der Waals surface area contributed by atoms with Crippen LogP contribution >= 0.6 is 0 Å². The lowest BCUT2D eigenvalue weighted by molar-refractivity contribution is -0.137. The maximum Gasteiger partial charge on any atom is 0.318 e. The Balaban J connectivity index is 2.48. The molecule has 1 atom stereocenters. The SMILES string of the molecule is CCCC(CC(=O)O)NC(=O)N1CCNC(=O)C1. The predicted molar refractivity (Wildman–Crippen MR) is 64.1 cm³/mol.